The van der Waals surface area contributed by atoms with Gasteiger partial charge >= 0.3 is 23.4 Å². The highest BCUT2D eigenvalue weighted by atomic mass is 35.5. The Kier molecular flexibility index (Phi) is 12.0. The molecule has 9 nitrogen and oxygen atoms in total. The van der Waals surface area contributed by atoms with Gasteiger partial charge in [-0.05, 0) is 36.0 Å². The van der Waals surface area contributed by atoms with Crippen LogP contribution in [0.25, 0.3) is 11.4 Å². The van der Waals surface area contributed by atoms with Crippen LogP contribution < -0.4 is 11.5 Å². The Bertz CT molecular complexity index is 2070. The minimum absolute atomic E-state index is 0.376. The Morgan fingerprint density at radius 3 is 1.33 bits per heavy atom. The number of aromatic nitrogens is 4. The van der Waals surface area contributed by atoms with Crippen LogP contribution in [-0.4, -0.2) is 34.8 Å². The van der Waals surface area contributed by atoms with E-state index in [1.807, 2.05) is 0 Å². The lowest BCUT2D eigenvalue weighted by Crippen LogP contribution is -2.18. The van der Waals surface area contributed by atoms with Crippen molar-refractivity contribution < 1.29 is 56.9 Å². The molecule has 0 radical (unpaired) electrons. The molecule has 0 fully saturated rings. The Balaban J connectivity index is 0.000000276. The highest BCUT2D eigenvalue weighted by molar-refractivity contribution is 8.00. The zero-order valence-electron chi connectivity index (χ0n) is 23.4. The van der Waals surface area contributed by atoms with Gasteiger partial charge in [-0.25, -0.2) is 13.6 Å². The molecule has 0 spiro atoms. The number of alkyl halides is 12. The summed E-state index contributed by atoms with van der Waals surface area (Å²) in [4.78, 5) is -1.85. The van der Waals surface area contributed by atoms with Gasteiger partial charge in [0.2, 0.25) is 0 Å². The molecule has 2 heterocycles. The molecule has 0 bridgehead atoms. The van der Waals surface area contributed by atoms with E-state index in [2.05, 4.69) is 10.2 Å². The standard InChI is InChI=1S/C12H4Cl2F6N4OS.C12H4Cl2F6N4S/c13-5-1-4(11(15,16)17)2-6(14)8(5)24-10(22)9(7(3-21)23-24)26(25)12(18,19)20;13-5-1-4(11(15,16)17)2-6(14)8(5)24-10(22)9(7(3-21)23-24)25-12(18,19)20/h1-2H,22H2;1-2H,22H2. The Labute approximate surface area is 301 Å². The highest BCUT2D eigenvalue weighted by Gasteiger charge is 2.43. The van der Waals surface area contributed by atoms with Gasteiger partial charge in [0.1, 0.15) is 40.0 Å². The van der Waals surface area contributed by atoms with E-state index in [0.717, 1.165) is 0 Å². The minimum Gasteiger partial charge on any atom is -0.383 e. The fourth-order valence-corrected chi connectivity index (χ4v) is 6.37. The maximum absolute atomic E-state index is 12.7. The summed E-state index contributed by atoms with van der Waals surface area (Å²) < 4.78 is 165. The SMILES string of the molecule is N#Cc1nn(-c2c(Cl)cc(C(F)(F)F)cc2Cl)c(N)c1S(=O)C(F)(F)F.N#Cc1nn(-c2c(Cl)cc(C(F)(F)F)cc2Cl)c(N)c1SC(F)(F)F. The second-order valence-electron chi connectivity index (χ2n) is 9.01. The lowest BCUT2D eigenvalue weighted by molar-refractivity contribution is -0.138. The number of rotatable bonds is 4. The maximum atomic E-state index is 12.7. The summed E-state index contributed by atoms with van der Waals surface area (Å²) in [5.74, 6) is -1.54. The molecule has 0 amide bonds. The third-order valence-electron chi connectivity index (χ3n) is 5.69. The topological polar surface area (TPSA) is 152 Å². The Morgan fingerprint density at radius 2 is 1.02 bits per heavy atom. The summed E-state index contributed by atoms with van der Waals surface area (Å²) in [5, 5.41) is 22.4. The molecule has 0 aliphatic rings. The summed E-state index contributed by atoms with van der Waals surface area (Å²) in [6, 6.07) is 4.66. The normalized spacial score (nSPS) is 12.9. The van der Waals surface area contributed by atoms with Gasteiger partial charge in [-0.3, -0.25) is 0 Å². The van der Waals surface area contributed by atoms with E-state index in [0.29, 0.717) is 33.6 Å². The van der Waals surface area contributed by atoms with Crippen molar-refractivity contribution in [3.05, 3.63) is 66.9 Å². The van der Waals surface area contributed by atoms with Crippen molar-refractivity contribution in [2.24, 2.45) is 0 Å². The van der Waals surface area contributed by atoms with E-state index < -0.39 is 116 Å². The molecule has 0 saturated heterocycles. The van der Waals surface area contributed by atoms with Crippen molar-refractivity contribution in [1.29, 1.82) is 10.5 Å². The summed E-state index contributed by atoms with van der Waals surface area (Å²) in [7, 11) is -3.71. The molecule has 0 aliphatic carbocycles. The quantitative estimate of drug-likeness (QED) is 0.152. The average molecular weight is 858 g/mol. The van der Waals surface area contributed by atoms with Crippen molar-refractivity contribution in [1.82, 2.24) is 19.6 Å². The van der Waals surface area contributed by atoms with Crippen LogP contribution in [0.4, 0.5) is 64.3 Å². The van der Waals surface area contributed by atoms with Gasteiger partial charge in [0.05, 0.1) is 36.1 Å². The third-order valence-corrected chi connectivity index (χ3v) is 8.87. The van der Waals surface area contributed by atoms with E-state index in [4.69, 9.17) is 68.4 Å². The number of nitrogens with two attached hydrogens (primary N) is 2. The van der Waals surface area contributed by atoms with Crippen LogP contribution in [0.15, 0.2) is 34.1 Å². The number of nitrogens with zero attached hydrogens (tertiary/aromatic N) is 6. The molecule has 27 heteroatoms. The van der Waals surface area contributed by atoms with Crippen LogP contribution in [0.1, 0.15) is 22.5 Å². The predicted molar refractivity (Wildman–Crippen MR) is 160 cm³/mol. The number of nitriles is 2. The predicted octanol–water partition coefficient (Wildman–Crippen LogP) is 9.54. The van der Waals surface area contributed by atoms with E-state index in [1.54, 1.807) is 0 Å². The van der Waals surface area contributed by atoms with Gasteiger partial charge in [0.25, 0.3) is 0 Å². The number of anilines is 2. The summed E-state index contributed by atoms with van der Waals surface area (Å²) >= 11 is 22.3. The molecule has 0 aliphatic heterocycles. The van der Waals surface area contributed by atoms with Crippen LogP contribution >= 0.6 is 58.2 Å². The van der Waals surface area contributed by atoms with E-state index in [1.165, 1.54) is 12.1 Å². The fourth-order valence-electron chi connectivity index (χ4n) is 3.70. The van der Waals surface area contributed by atoms with Gasteiger partial charge in [-0.2, -0.15) is 73.4 Å². The molecule has 4 rings (SSSR count). The molecule has 2 aromatic carbocycles. The molecule has 1 unspecified atom stereocenters. The molecule has 1 atom stereocenters. The molecule has 274 valence electrons. The number of nitrogen functional groups attached to an aromatic ring is 2. The summed E-state index contributed by atoms with van der Waals surface area (Å²) in [5.41, 5.74) is -3.83. The van der Waals surface area contributed by atoms with Crippen molar-refractivity contribution in [2.75, 3.05) is 11.5 Å². The Morgan fingerprint density at radius 1 is 0.667 bits per heavy atom. The lowest BCUT2D eigenvalue weighted by Gasteiger charge is -2.13. The van der Waals surface area contributed by atoms with Gasteiger partial charge < -0.3 is 11.5 Å². The van der Waals surface area contributed by atoms with E-state index >= 15 is 0 Å². The molecular formula is C24H8Cl4F12N8OS2. The lowest BCUT2D eigenvalue weighted by atomic mass is 10.2. The van der Waals surface area contributed by atoms with Crippen LogP contribution in [0.2, 0.25) is 20.1 Å². The number of halogens is 16. The minimum atomic E-state index is -5.25. The van der Waals surface area contributed by atoms with Gasteiger partial charge in [-0.1, -0.05) is 46.4 Å². The first-order valence-electron chi connectivity index (χ1n) is 12.1. The average Bonchev–Trinajstić information content (AvgIpc) is 3.45. The monoisotopic (exact) mass is 856 g/mol. The van der Waals surface area contributed by atoms with Crippen molar-refractivity contribution in [3.8, 4) is 23.5 Å². The number of benzene rings is 2. The molecule has 0 saturated carbocycles. The molecular weight excluding hydrogens is 850 g/mol. The fraction of sp³-hybridized carbons (Fsp3) is 0.167. The van der Waals surface area contributed by atoms with Gasteiger partial charge in [0.15, 0.2) is 22.2 Å². The summed E-state index contributed by atoms with van der Waals surface area (Å²) in [6.07, 6.45) is -9.53. The van der Waals surface area contributed by atoms with Crippen LogP contribution in [0.5, 0.6) is 0 Å². The first-order valence-corrected chi connectivity index (χ1v) is 15.6. The largest absolute Gasteiger partial charge is 0.476 e. The van der Waals surface area contributed by atoms with Gasteiger partial charge in [-0.15, -0.1) is 0 Å². The molecule has 2 aromatic heterocycles. The number of thioether (sulfide) groups is 1. The van der Waals surface area contributed by atoms with Crippen molar-refractivity contribution in [3.63, 3.8) is 0 Å². The number of hydrogen-bond acceptors (Lipinski definition) is 8. The third kappa shape index (κ3) is 9.20. The molecule has 4 aromatic rings. The van der Waals surface area contributed by atoms with E-state index in [9.17, 15) is 56.9 Å². The molecule has 4 N–H and O–H groups in total. The first kappa shape index (κ1) is 41.7. The zero-order valence-corrected chi connectivity index (χ0v) is 28.1. The van der Waals surface area contributed by atoms with Crippen molar-refractivity contribution in [2.45, 2.75) is 33.2 Å². The Hall–Kier alpha value is -3.74. The number of hydrogen-bond donors (Lipinski definition) is 2. The molecule has 51 heavy (non-hydrogen) atoms. The van der Waals surface area contributed by atoms with Crippen LogP contribution in [-0.2, 0) is 23.2 Å². The van der Waals surface area contributed by atoms with Gasteiger partial charge in [0, 0.05) is 0 Å². The highest BCUT2D eigenvalue weighted by Crippen LogP contribution is 2.45. The second-order valence-corrected chi connectivity index (χ2v) is 13.1. The maximum Gasteiger partial charge on any atom is 0.476 e. The second kappa shape index (κ2) is 14.7. The summed E-state index contributed by atoms with van der Waals surface area (Å²) in [6.45, 7) is 0. The van der Waals surface area contributed by atoms with E-state index in [-0.39, 0.29) is 5.69 Å². The smallest absolute Gasteiger partial charge is 0.383 e. The zero-order chi connectivity index (χ0) is 39.2. The first-order chi connectivity index (χ1) is 23.1. The van der Waals surface area contributed by atoms with Crippen LogP contribution in [0, 0.1) is 22.7 Å². The van der Waals surface area contributed by atoms with Crippen molar-refractivity contribution >= 4 is 80.6 Å². The van der Waals surface area contributed by atoms with Crippen LogP contribution in [0.3, 0.4) is 0 Å².